The van der Waals surface area contributed by atoms with Crippen LogP contribution in [0, 0.1) is 5.92 Å². The number of ether oxygens (including phenoxy) is 1. The predicted molar refractivity (Wildman–Crippen MR) is 59.7 cm³/mol. The Balaban J connectivity index is 1.71. The highest BCUT2D eigenvalue weighted by Gasteiger charge is 2.69. The Bertz CT molecular complexity index is 269. The molecule has 86 valence electrons. The second kappa shape index (κ2) is 2.96. The van der Waals surface area contributed by atoms with Gasteiger partial charge >= 0.3 is 0 Å². The maximum atomic E-state index is 6.44. The molecule has 2 saturated heterocycles. The van der Waals surface area contributed by atoms with Crippen molar-refractivity contribution in [3.05, 3.63) is 0 Å². The lowest BCUT2D eigenvalue weighted by Gasteiger charge is -2.44. The van der Waals surface area contributed by atoms with Gasteiger partial charge < -0.3 is 15.4 Å². The van der Waals surface area contributed by atoms with Gasteiger partial charge in [0.1, 0.15) is 0 Å². The lowest BCUT2D eigenvalue weighted by Crippen LogP contribution is -2.57. The molecular weight excluding hydrogens is 188 g/mol. The molecule has 0 aromatic carbocycles. The lowest BCUT2D eigenvalue weighted by molar-refractivity contribution is -0.0773. The van der Waals surface area contributed by atoms with E-state index < -0.39 is 0 Å². The van der Waals surface area contributed by atoms with Crippen molar-refractivity contribution in [3.8, 4) is 0 Å². The van der Waals surface area contributed by atoms with E-state index in [0.29, 0.717) is 12.0 Å². The number of likely N-dealkylation sites (tertiary alicyclic amines) is 1. The first-order valence-electron chi connectivity index (χ1n) is 6.24. The fraction of sp³-hybridized carbons (Fsp3) is 1.00. The van der Waals surface area contributed by atoms with Gasteiger partial charge in [-0.3, -0.25) is 0 Å². The molecule has 2 unspecified atom stereocenters. The highest BCUT2D eigenvalue weighted by molar-refractivity contribution is 5.25. The summed E-state index contributed by atoms with van der Waals surface area (Å²) in [5.74, 6) is 0.670. The minimum atomic E-state index is 0.0447. The normalized spacial score (nSPS) is 43.6. The zero-order valence-electron chi connectivity index (χ0n) is 9.83. The first kappa shape index (κ1) is 10.1. The molecule has 1 saturated carbocycles. The Morgan fingerprint density at radius 1 is 1.33 bits per heavy atom. The zero-order chi connectivity index (χ0) is 10.7. The van der Waals surface area contributed by atoms with Crippen LogP contribution in [0.5, 0.6) is 0 Å². The van der Waals surface area contributed by atoms with Crippen LogP contribution in [0.3, 0.4) is 0 Å². The molecule has 3 nitrogen and oxygen atoms in total. The molecule has 2 atom stereocenters. The first-order chi connectivity index (χ1) is 7.07. The average molecular weight is 210 g/mol. The second-order valence-corrected chi connectivity index (χ2v) is 5.88. The van der Waals surface area contributed by atoms with Crippen molar-refractivity contribution >= 4 is 0 Å². The van der Waals surface area contributed by atoms with E-state index in [1.165, 1.54) is 6.42 Å². The summed E-state index contributed by atoms with van der Waals surface area (Å²) < 4.78 is 6.02. The molecule has 1 spiro atoms. The number of fused-ring (bicyclic) bond motifs is 2. The minimum Gasteiger partial charge on any atom is -0.373 e. The SMILES string of the molecule is CC(C)N1CCC2(CC1)OCC1CC12N. The summed E-state index contributed by atoms with van der Waals surface area (Å²) >= 11 is 0. The van der Waals surface area contributed by atoms with Gasteiger partial charge in [0.25, 0.3) is 0 Å². The van der Waals surface area contributed by atoms with Crippen LogP contribution in [0.1, 0.15) is 33.1 Å². The quantitative estimate of drug-likeness (QED) is 0.701. The summed E-state index contributed by atoms with van der Waals surface area (Å²) in [7, 11) is 0. The molecule has 0 bridgehead atoms. The van der Waals surface area contributed by atoms with Crippen LogP contribution in [-0.2, 0) is 4.74 Å². The maximum Gasteiger partial charge on any atom is 0.0889 e. The summed E-state index contributed by atoms with van der Waals surface area (Å²) in [4.78, 5) is 2.54. The van der Waals surface area contributed by atoms with Gasteiger partial charge in [0.2, 0.25) is 0 Å². The Morgan fingerprint density at radius 2 is 2.00 bits per heavy atom. The zero-order valence-corrected chi connectivity index (χ0v) is 9.83. The van der Waals surface area contributed by atoms with E-state index >= 15 is 0 Å². The lowest BCUT2D eigenvalue weighted by atomic mass is 9.82. The van der Waals surface area contributed by atoms with Crippen molar-refractivity contribution in [3.63, 3.8) is 0 Å². The third-order valence-corrected chi connectivity index (χ3v) is 4.90. The van der Waals surface area contributed by atoms with Crippen molar-refractivity contribution < 1.29 is 4.74 Å². The summed E-state index contributed by atoms with van der Waals surface area (Å²) in [6.45, 7) is 7.77. The third kappa shape index (κ3) is 1.23. The van der Waals surface area contributed by atoms with E-state index in [2.05, 4.69) is 18.7 Å². The average Bonchev–Trinajstić information content (AvgIpc) is 2.82. The van der Waals surface area contributed by atoms with Crippen molar-refractivity contribution in [2.75, 3.05) is 19.7 Å². The number of nitrogens with two attached hydrogens (primary N) is 1. The molecule has 1 aliphatic carbocycles. The van der Waals surface area contributed by atoms with Crippen molar-refractivity contribution in [1.29, 1.82) is 0 Å². The van der Waals surface area contributed by atoms with Crippen LogP contribution in [-0.4, -0.2) is 41.8 Å². The summed E-state index contributed by atoms with van der Waals surface area (Å²) in [5.41, 5.74) is 6.54. The molecule has 3 aliphatic rings. The molecule has 15 heavy (non-hydrogen) atoms. The highest BCUT2D eigenvalue weighted by atomic mass is 16.5. The number of nitrogens with zero attached hydrogens (tertiary/aromatic N) is 1. The van der Waals surface area contributed by atoms with E-state index in [1.54, 1.807) is 0 Å². The molecule has 3 rings (SSSR count). The summed E-state index contributed by atoms with van der Waals surface area (Å²) in [5, 5.41) is 0. The van der Waals surface area contributed by atoms with E-state index in [9.17, 15) is 0 Å². The van der Waals surface area contributed by atoms with Crippen molar-refractivity contribution in [2.24, 2.45) is 11.7 Å². The van der Waals surface area contributed by atoms with Gasteiger partial charge in [-0.25, -0.2) is 0 Å². The van der Waals surface area contributed by atoms with Gasteiger partial charge in [-0.15, -0.1) is 0 Å². The Hall–Kier alpha value is -0.120. The van der Waals surface area contributed by atoms with Gasteiger partial charge in [0.05, 0.1) is 17.7 Å². The number of piperidine rings is 1. The van der Waals surface area contributed by atoms with Gasteiger partial charge in [0.15, 0.2) is 0 Å². The number of hydrogen-bond donors (Lipinski definition) is 1. The van der Waals surface area contributed by atoms with Crippen LogP contribution in [0.4, 0.5) is 0 Å². The number of rotatable bonds is 1. The third-order valence-electron chi connectivity index (χ3n) is 4.90. The molecular formula is C12H22N2O. The fourth-order valence-corrected chi connectivity index (χ4v) is 3.52. The Morgan fingerprint density at radius 3 is 2.40 bits per heavy atom. The van der Waals surface area contributed by atoms with Gasteiger partial charge in [-0.2, -0.15) is 0 Å². The van der Waals surface area contributed by atoms with Crippen LogP contribution < -0.4 is 5.73 Å². The molecule has 0 aromatic rings. The topological polar surface area (TPSA) is 38.5 Å². The fourth-order valence-electron chi connectivity index (χ4n) is 3.52. The first-order valence-corrected chi connectivity index (χ1v) is 6.24. The Labute approximate surface area is 91.9 Å². The maximum absolute atomic E-state index is 6.44. The van der Waals surface area contributed by atoms with Crippen LogP contribution in [0.2, 0.25) is 0 Å². The van der Waals surface area contributed by atoms with Crippen LogP contribution >= 0.6 is 0 Å². The van der Waals surface area contributed by atoms with Crippen molar-refractivity contribution in [2.45, 2.75) is 50.3 Å². The van der Waals surface area contributed by atoms with E-state index in [-0.39, 0.29) is 11.1 Å². The second-order valence-electron chi connectivity index (χ2n) is 5.88. The largest absolute Gasteiger partial charge is 0.373 e. The van der Waals surface area contributed by atoms with E-state index in [1.807, 2.05) is 0 Å². The molecule has 3 heteroatoms. The van der Waals surface area contributed by atoms with Gasteiger partial charge in [-0.1, -0.05) is 0 Å². The minimum absolute atomic E-state index is 0.0447. The molecule has 0 radical (unpaired) electrons. The number of hydrogen-bond acceptors (Lipinski definition) is 3. The molecule has 2 heterocycles. The van der Waals surface area contributed by atoms with Crippen LogP contribution in [0.15, 0.2) is 0 Å². The molecule has 0 amide bonds. The highest BCUT2D eigenvalue weighted by Crippen LogP contribution is 2.59. The predicted octanol–water partition coefficient (Wildman–Crippen LogP) is 0.977. The summed E-state index contributed by atoms with van der Waals surface area (Å²) in [6.07, 6.45) is 3.48. The standard InChI is InChI=1S/C12H22N2O/c1-9(2)14-5-3-11(4-6-14)12(13)7-10(12)8-15-11/h9-10H,3-8,13H2,1-2H3. The molecule has 0 aromatic heterocycles. The van der Waals surface area contributed by atoms with Gasteiger partial charge in [0, 0.05) is 25.0 Å². The molecule has 2 aliphatic heterocycles. The van der Waals surface area contributed by atoms with E-state index in [4.69, 9.17) is 10.5 Å². The van der Waals surface area contributed by atoms with Gasteiger partial charge in [-0.05, 0) is 33.1 Å². The monoisotopic (exact) mass is 210 g/mol. The smallest absolute Gasteiger partial charge is 0.0889 e. The van der Waals surface area contributed by atoms with E-state index in [0.717, 1.165) is 32.5 Å². The molecule has 3 fully saturated rings. The van der Waals surface area contributed by atoms with Crippen molar-refractivity contribution in [1.82, 2.24) is 4.90 Å². The molecule has 2 N–H and O–H groups in total. The Kier molecular flexibility index (Phi) is 1.99. The van der Waals surface area contributed by atoms with Crippen LogP contribution in [0.25, 0.3) is 0 Å². The summed E-state index contributed by atoms with van der Waals surface area (Å²) in [6, 6.07) is 0.660.